The molecule has 3 aromatic rings. The van der Waals surface area contributed by atoms with Gasteiger partial charge in [0, 0.05) is 12.1 Å². The number of hydrogen-bond donors (Lipinski definition) is 0. The lowest BCUT2D eigenvalue weighted by Gasteiger charge is -1.99. The molecule has 0 aliphatic heterocycles. The summed E-state index contributed by atoms with van der Waals surface area (Å²) in [6.07, 6.45) is 3.14. The minimum absolute atomic E-state index is 0.00152. The van der Waals surface area contributed by atoms with E-state index in [9.17, 15) is 18.5 Å². The van der Waals surface area contributed by atoms with Crippen molar-refractivity contribution in [2.24, 2.45) is 0 Å². The van der Waals surface area contributed by atoms with E-state index in [0.717, 1.165) is 0 Å². The van der Waals surface area contributed by atoms with E-state index in [0.29, 0.717) is 16.7 Å². The van der Waals surface area contributed by atoms with Gasteiger partial charge in [-0.3, -0.25) is 10.1 Å². The molecule has 0 saturated heterocycles. The molecule has 7 nitrogen and oxygen atoms in total. The summed E-state index contributed by atoms with van der Waals surface area (Å²) in [4.78, 5) is 14.8. The van der Waals surface area contributed by atoms with Crippen molar-refractivity contribution in [3.8, 4) is 0 Å². The van der Waals surface area contributed by atoms with Gasteiger partial charge in [0.2, 0.25) is 5.89 Å². The van der Waals surface area contributed by atoms with Gasteiger partial charge < -0.3 is 4.42 Å². The van der Waals surface area contributed by atoms with E-state index in [4.69, 9.17) is 16.0 Å². The van der Waals surface area contributed by atoms with Crippen molar-refractivity contribution < 1.29 is 17.8 Å². The zero-order chi connectivity index (χ0) is 18.9. The number of benzene rings is 2. The fourth-order valence-corrected chi connectivity index (χ4v) is 3.38. The average Bonchev–Trinajstić information content (AvgIpc) is 3.02. The molecule has 26 heavy (non-hydrogen) atoms. The molecule has 0 bridgehead atoms. The Morgan fingerprint density at radius 1 is 1.23 bits per heavy atom. The molecule has 1 heterocycles. The molecule has 0 saturated carbocycles. The number of fused-ring (bicyclic) bond motifs is 1. The fourth-order valence-electron chi connectivity index (χ4n) is 2.30. The quantitative estimate of drug-likeness (QED) is 0.472. The second kappa shape index (κ2) is 6.89. The standard InChI is InChI=1S/C17H13ClN2O5S/c1-2-26(23,24)12-5-7-16-14(10-12)19-17(25-16)8-4-11-3-6-13(18)15(9-11)20(21)22/h3-10H,2H2,1H3/b8-4+. The molecular weight excluding hydrogens is 380 g/mol. The maximum absolute atomic E-state index is 11.9. The Labute approximate surface area is 154 Å². The summed E-state index contributed by atoms with van der Waals surface area (Å²) in [6.45, 7) is 1.57. The van der Waals surface area contributed by atoms with Gasteiger partial charge in [-0.25, -0.2) is 13.4 Å². The van der Waals surface area contributed by atoms with Crippen molar-refractivity contribution in [1.82, 2.24) is 4.98 Å². The Morgan fingerprint density at radius 3 is 2.69 bits per heavy atom. The number of rotatable bonds is 5. The second-order valence-corrected chi connectivity index (χ2v) is 8.07. The van der Waals surface area contributed by atoms with Crippen molar-refractivity contribution in [3.05, 3.63) is 63.0 Å². The van der Waals surface area contributed by atoms with E-state index >= 15 is 0 Å². The third kappa shape index (κ3) is 3.61. The smallest absolute Gasteiger partial charge is 0.288 e. The van der Waals surface area contributed by atoms with E-state index in [-0.39, 0.29) is 27.2 Å². The predicted molar refractivity (Wildman–Crippen MR) is 98.8 cm³/mol. The maximum atomic E-state index is 11.9. The molecule has 2 aromatic carbocycles. The Balaban J connectivity index is 1.93. The first kappa shape index (κ1) is 18.1. The third-order valence-electron chi connectivity index (χ3n) is 3.70. The van der Waals surface area contributed by atoms with Crippen LogP contribution in [0.1, 0.15) is 18.4 Å². The van der Waals surface area contributed by atoms with Gasteiger partial charge in [-0.05, 0) is 35.9 Å². The number of nitro benzene ring substituents is 1. The molecule has 0 aliphatic carbocycles. The first-order chi connectivity index (χ1) is 12.3. The third-order valence-corrected chi connectivity index (χ3v) is 5.75. The first-order valence-electron chi connectivity index (χ1n) is 7.55. The lowest BCUT2D eigenvalue weighted by Crippen LogP contribution is -2.03. The summed E-state index contributed by atoms with van der Waals surface area (Å²) in [7, 11) is -3.33. The van der Waals surface area contributed by atoms with Crippen LogP contribution < -0.4 is 0 Å². The molecule has 0 aliphatic rings. The second-order valence-electron chi connectivity index (χ2n) is 5.39. The van der Waals surface area contributed by atoms with Crippen LogP contribution in [0.25, 0.3) is 23.3 Å². The molecular formula is C17H13ClN2O5S. The fraction of sp³-hybridized carbons (Fsp3) is 0.118. The van der Waals surface area contributed by atoms with Crippen molar-refractivity contribution in [2.45, 2.75) is 11.8 Å². The molecule has 9 heteroatoms. The molecule has 0 N–H and O–H groups in total. The SMILES string of the molecule is CCS(=O)(=O)c1ccc2oc(/C=C/c3ccc(Cl)c([N+](=O)[O-])c3)nc2c1. The van der Waals surface area contributed by atoms with Crippen LogP contribution in [0.5, 0.6) is 0 Å². The van der Waals surface area contributed by atoms with Crippen LogP contribution in [0, 0.1) is 10.1 Å². The summed E-state index contributed by atoms with van der Waals surface area (Å²) in [5, 5.41) is 11.0. The van der Waals surface area contributed by atoms with Crippen molar-refractivity contribution in [1.29, 1.82) is 0 Å². The Kier molecular flexibility index (Phi) is 4.80. The van der Waals surface area contributed by atoms with Gasteiger partial charge in [-0.1, -0.05) is 24.6 Å². The van der Waals surface area contributed by atoms with Crippen LogP contribution >= 0.6 is 11.6 Å². The number of nitrogens with zero attached hydrogens (tertiary/aromatic N) is 2. The Morgan fingerprint density at radius 2 is 2.00 bits per heavy atom. The summed E-state index contributed by atoms with van der Waals surface area (Å²) in [5.41, 5.74) is 1.22. The molecule has 0 radical (unpaired) electrons. The van der Waals surface area contributed by atoms with E-state index in [1.165, 1.54) is 24.3 Å². The topological polar surface area (TPSA) is 103 Å². The molecule has 134 valence electrons. The average molecular weight is 393 g/mol. The number of nitro groups is 1. The summed E-state index contributed by atoms with van der Waals surface area (Å²) < 4.78 is 29.4. The highest BCUT2D eigenvalue weighted by molar-refractivity contribution is 7.91. The summed E-state index contributed by atoms with van der Waals surface area (Å²) in [5.74, 6) is 0.252. The number of aromatic nitrogens is 1. The van der Waals surface area contributed by atoms with Gasteiger partial charge >= 0.3 is 0 Å². The van der Waals surface area contributed by atoms with Crippen LogP contribution in [0.2, 0.25) is 5.02 Å². The molecule has 0 spiro atoms. The highest BCUT2D eigenvalue weighted by atomic mass is 35.5. The lowest BCUT2D eigenvalue weighted by atomic mass is 10.2. The monoisotopic (exact) mass is 392 g/mol. The number of sulfone groups is 1. The highest BCUT2D eigenvalue weighted by Gasteiger charge is 2.14. The Bertz CT molecular complexity index is 1140. The summed E-state index contributed by atoms with van der Waals surface area (Å²) in [6, 6.07) is 8.89. The van der Waals surface area contributed by atoms with E-state index < -0.39 is 14.8 Å². The minimum atomic E-state index is -3.33. The van der Waals surface area contributed by atoms with Crippen LogP contribution in [-0.4, -0.2) is 24.1 Å². The van der Waals surface area contributed by atoms with Crippen LogP contribution in [0.3, 0.4) is 0 Å². The molecule has 0 amide bonds. The van der Waals surface area contributed by atoms with Crippen LogP contribution in [0.15, 0.2) is 45.7 Å². The Hall–Kier alpha value is -2.71. The zero-order valence-corrected chi connectivity index (χ0v) is 15.1. The van der Waals surface area contributed by atoms with Gasteiger partial charge in [0.25, 0.3) is 5.69 Å². The minimum Gasteiger partial charge on any atom is -0.437 e. The van der Waals surface area contributed by atoms with Crippen molar-refractivity contribution in [2.75, 3.05) is 5.75 Å². The van der Waals surface area contributed by atoms with Crippen LogP contribution in [0.4, 0.5) is 5.69 Å². The maximum Gasteiger partial charge on any atom is 0.288 e. The lowest BCUT2D eigenvalue weighted by molar-refractivity contribution is -0.384. The zero-order valence-electron chi connectivity index (χ0n) is 13.5. The van der Waals surface area contributed by atoms with Crippen molar-refractivity contribution >= 4 is 50.4 Å². The van der Waals surface area contributed by atoms with Crippen LogP contribution in [-0.2, 0) is 9.84 Å². The molecule has 3 rings (SSSR count). The number of halogens is 1. The first-order valence-corrected chi connectivity index (χ1v) is 9.58. The van der Waals surface area contributed by atoms with Crippen molar-refractivity contribution in [3.63, 3.8) is 0 Å². The molecule has 0 fully saturated rings. The summed E-state index contributed by atoms with van der Waals surface area (Å²) >= 11 is 5.78. The van der Waals surface area contributed by atoms with Gasteiger partial charge in [0.15, 0.2) is 15.4 Å². The molecule has 0 atom stereocenters. The van der Waals surface area contributed by atoms with E-state index in [2.05, 4.69) is 4.98 Å². The normalized spacial score (nSPS) is 12.1. The van der Waals surface area contributed by atoms with Gasteiger partial charge in [0.1, 0.15) is 10.5 Å². The van der Waals surface area contributed by atoms with Gasteiger partial charge in [0.05, 0.1) is 15.6 Å². The van der Waals surface area contributed by atoms with Gasteiger partial charge in [-0.15, -0.1) is 0 Å². The molecule has 0 unspecified atom stereocenters. The van der Waals surface area contributed by atoms with E-state index in [1.807, 2.05) is 0 Å². The van der Waals surface area contributed by atoms with Gasteiger partial charge in [-0.2, -0.15) is 0 Å². The highest BCUT2D eigenvalue weighted by Crippen LogP contribution is 2.26. The number of hydrogen-bond acceptors (Lipinski definition) is 6. The molecule has 1 aromatic heterocycles. The largest absolute Gasteiger partial charge is 0.437 e. The number of oxazole rings is 1. The van der Waals surface area contributed by atoms with E-state index in [1.54, 1.807) is 31.2 Å². The predicted octanol–water partition coefficient (Wildman–Crippen LogP) is 4.35.